The molecule has 0 unspecified atom stereocenters. The van der Waals surface area contributed by atoms with E-state index in [2.05, 4.69) is 17.2 Å². The summed E-state index contributed by atoms with van der Waals surface area (Å²) in [5.74, 6) is 1.08. The van der Waals surface area contributed by atoms with Gasteiger partial charge in [0.05, 0.1) is 5.69 Å². The summed E-state index contributed by atoms with van der Waals surface area (Å²) in [7, 11) is 0. The van der Waals surface area contributed by atoms with Crippen molar-refractivity contribution in [1.29, 1.82) is 0 Å². The molecule has 0 saturated carbocycles. The number of carbonyl (C=O) groups is 2. The maximum atomic E-state index is 12.6. The van der Waals surface area contributed by atoms with Gasteiger partial charge in [-0.15, -0.1) is 0 Å². The fraction of sp³-hybridized carbons (Fsp3) is 0.688. The molecule has 2 fully saturated rings. The number of carbonyl (C=O) groups excluding carboxylic acids is 2. The number of hydrogen-bond acceptors (Lipinski definition) is 4. The third kappa shape index (κ3) is 2.74. The molecule has 3 heterocycles. The highest BCUT2D eigenvalue weighted by atomic mass is 16.4. The Kier molecular flexibility index (Phi) is 3.93. The van der Waals surface area contributed by atoms with Crippen LogP contribution in [-0.4, -0.2) is 41.3 Å². The Labute approximate surface area is 130 Å². The molecule has 1 N–H and O–H groups in total. The zero-order valence-electron chi connectivity index (χ0n) is 13.3. The molecule has 2 aliphatic rings. The second-order valence-electron chi connectivity index (χ2n) is 6.52. The Bertz CT molecular complexity index is 585. The van der Waals surface area contributed by atoms with Gasteiger partial charge in [0, 0.05) is 32.5 Å². The highest BCUT2D eigenvalue weighted by Crippen LogP contribution is 2.37. The lowest BCUT2D eigenvalue weighted by Gasteiger charge is -2.37. The largest absolute Gasteiger partial charge is 0.435 e. The van der Waals surface area contributed by atoms with Crippen molar-refractivity contribution in [2.75, 3.05) is 19.6 Å². The third-order valence-electron chi connectivity index (χ3n) is 4.81. The molecule has 0 aromatic carbocycles. The van der Waals surface area contributed by atoms with Crippen molar-refractivity contribution in [3.05, 3.63) is 17.3 Å². The summed E-state index contributed by atoms with van der Waals surface area (Å²) in [5, 5.41) is 2.91. The van der Waals surface area contributed by atoms with E-state index in [0.29, 0.717) is 36.9 Å². The minimum Gasteiger partial charge on any atom is -0.435 e. The van der Waals surface area contributed by atoms with Gasteiger partial charge < -0.3 is 14.6 Å². The third-order valence-corrected chi connectivity index (χ3v) is 4.81. The van der Waals surface area contributed by atoms with Crippen LogP contribution in [0.5, 0.6) is 0 Å². The fourth-order valence-corrected chi connectivity index (χ4v) is 3.40. The second-order valence-corrected chi connectivity index (χ2v) is 6.52. The van der Waals surface area contributed by atoms with Gasteiger partial charge in [-0.3, -0.25) is 9.59 Å². The standard InChI is InChI=1S/C16H23N3O3/c1-3-4-13-18-11(2)14(22-13)15(21)19-7-5-16(6-8-19)9-12(20)17-10-16/h3-10H2,1-2H3,(H,17,20). The molecule has 22 heavy (non-hydrogen) atoms. The number of aromatic nitrogens is 1. The monoisotopic (exact) mass is 305 g/mol. The van der Waals surface area contributed by atoms with Crippen LogP contribution in [0.4, 0.5) is 0 Å². The minimum absolute atomic E-state index is 0.0533. The average Bonchev–Trinajstić information content (AvgIpc) is 3.03. The lowest BCUT2D eigenvalue weighted by molar-refractivity contribution is -0.119. The van der Waals surface area contributed by atoms with Crippen LogP contribution >= 0.6 is 0 Å². The zero-order valence-corrected chi connectivity index (χ0v) is 13.3. The first kappa shape index (κ1) is 15.1. The molecule has 0 atom stereocenters. The number of rotatable bonds is 3. The summed E-state index contributed by atoms with van der Waals surface area (Å²) in [4.78, 5) is 30.2. The first-order valence-corrected chi connectivity index (χ1v) is 8.05. The predicted octanol–water partition coefficient (Wildman–Crippen LogP) is 1.68. The van der Waals surface area contributed by atoms with E-state index in [1.165, 1.54) is 0 Å². The number of nitrogens with zero attached hydrogens (tertiary/aromatic N) is 2. The normalized spacial score (nSPS) is 20.5. The molecule has 0 aliphatic carbocycles. The predicted molar refractivity (Wildman–Crippen MR) is 80.4 cm³/mol. The Morgan fingerprint density at radius 3 is 2.73 bits per heavy atom. The summed E-state index contributed by atoms with van der Waals surface area (Å²) in [6, 6.07) is 0. The van der Waals surface area contributed by atoms with Gasteiger partial charge in [-0.1, -0.05) is 6.92 Å². The molecule has 1 aromatic rings. The van der Waals surface area contributed by atoms with E-state index in [0.717, 1.165) is 32.2 Å². The number of aryl methyl sites for hydroxylation is 2. The number of hydrogen-bond donors (Lipinski definition) is 1. The van der Waals surface area contributed by atoms with Gasteiger partial charge >= 0.3 is 0 Å². The Morgan fingerprint density at radius 1 is 1.41 bits per heavy atom. The first-order valence-electron chi connectivity index (χ1n) is 8.05. The van der Waals surface area contributed by atoms with Gasteiger partial charge in [-0.05, 0) is 31.6 Å². The van der Waals surface area contributed by atoms with Crippen molar-refractivity contribution in [3.8, 4) is 0 Å². The van der Waals surface area contributed by atoms with E-state index in [-0.39, 0.29) is 17.2 Å². The molecule has 2 amide bonds. The maximum Gasteiger partial charge on any atom is 0.291 e. The molecular formula is C16H23N3O3. The zero-order chi connectivity index (χ0) is 15.7. The van der Waals surface area contributed by atoms with Crippen molar-refractivity contribution in [3.63, 3.8) is 0 Å². The van der Waals surface area contributed by atoms with Crippen LogP contribution in [0.3, 0.4) is 0 Å². The molecule has 6 heteroatoms. The molecule has 0 radical (unpaired) electrons. The van der Waals surface area contributed by atoms with Crippen LogP contribution in [0.2, 0.25) is 0 Å². The van der Waals surface area contributed by atoms with Gasteiger partial charge in [0.2, 0.25) is 11.7 Å². The Morgan fingerprint density at radius 2 is 2.14 bits per heavy atom. The topological polar surface area (TPSA) is 75.4 Å². The molecular weight excluding hydrogens is 282 g/mol. The van der Waals surface area contributed by atoms with E-state index >= 15 is 0 Å². The summed E-state index contributed by atoms with van der Waals surface area (Å²) < 4.78 is 5.64. The number of nitrogens with one attached hydrogen (secondary N) is 1. The second kappa shape index (κ2) is 5.74. The van der Waals surface area contributed by atoms with E-state index < -0.39 is 0 Å². The van der Waals surface area contributed by atoms with Crippen LogP contribution in [0, 0.1) is 12.3 Å². The van der Waals surface area contributed by atoms with Crippen LogP contribution in [-0.2, 0) is 11.2 Å². The van der Waals surface area contributed by atoms with Crippen LogP contribution in [0.1, 0.15) is 54.7 Å². The van der Waals surface area contributed by atoms with Gasteiger partial charge in [0.25, 0.3) is 5.91 Å². The van der Waals surface area contributed by atoms with Crippen molar-refractivity contribution >= 4 is 11.8 Å². The lowest BCUT2D eigenvalue weighted by Crippen LogP contribution is -2.44. The number of oxazole rings is 1. The Balaban J connectivity index is 1.66. The summed E-state index contributed by atoms with van der Waals surface area (Å²) >= 11 is 0. The average molecular weight is 305 g/mol. The van der Waals surface area contributed by atoms with Gasteiger partial charge in [-0.25, -0.2) is 4.98 Å². The van der Waals surface area contributed by atoms with Crippen molar-refractivity contribution in [2.45, 2.75) is 46.0 Å². The molecule has 0 bridgehead atoms. The highest BCUT2D eigenvalue weighted by Gasteiger charge is 2.42. The molecule has 2 aliphatic heterocycles. The van der Waals surface area contributed by atoms with Gasteiger partial charge in [0.15, 0.2) is 5.89 Å². The van der Waals surface area contributed by atoms with E-state index in [4.69, 9.17) is 4.42 Å². The van der Waals surface area contributed by atoms with Crippen molar-refractivity contribution < 1.29 is 14.0 Å². The van der Waals surface area contributed by atoms with Crippen molar-refractivity contribution in [1.82, 2.24) is 15.2 Å². The number of amides is 2. The van der Waals surface area contributed by atoms with E-state index in [1.807, 2.05) is 11.8 Å². The molecule has 2 saturated heterocycles. The summed E-state index contributed by atoms with van der Waals surface area (Å²) in [6.07, 6.45) is 4.03. The molecule has 3 rings (SSSR count). The highest BCUT2D eigenvalue weighted by molar-refractivity contribution is 5.92. The first-order chi connectivity index (χ1) is 10.5. The van der Waals surface area contributed by atoms with Crippen LogP contribution in [0.25, 0.3) is 0 Å². The van der Waals surface area contributed by atoms with Gasteiger partial charge in [0.1, 0.15) is 0 Å². The summed E-state index contributed by atoms with van der Waals surface area (Å²) in [5.41, 5.74) is 0.726. The maximum absolute atomic E-state index is 12.6. The SMILES string of the molecule is CCCc1nc(C)c(C(=O)N2CCC3(CC2)CNC(=O)C3)o1. The lowest BCUT2D eigenvalue weighted by atomic mass is 9.77. The molecule has 1 spiro atoms. The van der Waals surface area contributed by atoms with Crippen LogP contribution in [0.15, 0.2) is 4.42 Å². The molecule has 120 valence electrons. The smallest absolute Gasteiger partial charge is 0.291 e. The van der Waals surface area contributed by atoms with E-state index in [9.17, 15) is 9.59 Å². The fourth-order valence-electron chi connectivity index (χ4n) is 3.40. The minimum atomic E-state index is -0.0699. The molecule has 1 aromatic heterocycles. The van der Waals surface area contributed by atoms with Crippen molar-refractivity contribution in [2.24, 2.45) is 5.41 Å². The Hall–Kier alpha value is -1.85. The summed E-state index contributed by atoms with van der Waals surface area (Å²) in [6.45, 7) is 5.98. The van der Waals surface area contributed by atoms with Gasteiger partial charge in [-0.2, -0.15) is 0 Å². The quantitative estimate of drug-likeness (QED) is 0.922. The number of likely N-dealkylation sites (tertiary alicyclic amines) is 1. The van der Waals surface area contributed by atoms with E-state index in [1.54, 1.807) is 0 Å². The number of piperidine rings is 1. The van der Waals surface area contributed by atoms with Crippen LogP contribution < -0.4 is 5.32 Å². The molecule has 6 nitrogen and oxygen atoms in total.